The third-order valence-electron chi connectivity index (χ3n) is 3.27. The van der Waals surface area contributed by atoms with E-state index in [1.54, 1.807) is 0 Å². The second-order valence-corrected chi connectivity index (χ2v) is 4.17. The number of rotatable bonds is 3. The summed E-state index contributed by atoms with van der Waals surface area (Å²) >= 11 is 0. The summed E-state index contributed by atoms with van der Waals surface area (Å²) in [6, 6.07) is 0.501. The molecule has 0 saturated carbocycles. The number of hydrogen-bond donors (Lipinski definition) is 0. The van der Waals surface area contributed by atoms with Crippen LogP contribution in [0.2, 0.25) is 0 Å². The number of ether oxygens (including phenoxy) is 1. The Morgan fingerprint density at radius 2 is 2.00 bits per heavy atom. The average molecular weight is 183 g/mol. The fraction of sp³-hybridized carbons (Fsp3) is 0.818. The lowest BCUT2D eigenvalue weighted by molar-refractivity contribution is -0.0458. The molecule has 0 aromatic rings. The largest absolute Gasteiger partial charge is 0.378 e. The maximum absolute atomic E-state index is 5.49. The molecule has 0 amide bonds. The van der Waals surface area contributed by atoms with Gasteiger partial charge in [-0.25, -0.2) is 0 Å². The van der Waals surface area contributed by atoms with Crippen LogP contribution >= 0.6 is 0 Å². The normalized spacial score (nSPS) is 25.5. The standard InChI is InChI=1S/C11H21NO/c1-5-10(2)12-8-6-11(3,13-4)7-9-12/h5,10H,1,6-9H2,2-4H3. The van der Waals surface area contributed by atoms with Crippen LogP contribution < -0.4 is 0 Å². The van der Waals surface area contributed by atoms with Crippen molar-refractivity contribution >= 4 is 0 Å². The van der Waals surface area contributed by atoms with E-state index in [0.717, 1.165) is 25.9 Å². The minimum Gasteiger partial charge on any atom is -0.378 e. The lowest BCUT2D eigenvalue weighted by Crippen LogP contribution is -2.46. The Labute approximate surface area is 81.6 Å². The Morgan fingerprint density at radius 3 is 2.38 bits per heavy atom. The molecular formula is C11H21NO. The van der Waals surface area contributed by atoms with Crippen LogP contribution in [0.25, 0.3) is 0 Å². The second kappa shape index (κ2) is 4.25. The van der Waals surface area contributed by atoms with E-state index in [1.165, 1.54) is 0 Å². The topological polar surface area (TPSA) is 12.5 Å². The van der Waals surface area contributed by atoms with E-state index in [4.69, 9.17) is 4.74 Å². The van der Waals surface area contributed by atoms with Gasteiger partial charge in [-0.1, -0.05) is 6.08 Å². The fourth-order valence-electron chi connectivity index (χ4n) is 1.76. The average Bonchev–Trinajstić information content (AvgIpc) is 2.18. The van der Waals surface area contributed by atoms with Gasteiger partial charge in [0.05, 0.1) is 5.60 Å². The van der Waals surface area contributed by atoms with Crippen LogP contribution in [-0.4, -0.2) is 36.7 Å². The lowest BCUT2D eigenvalue weighted by Gasteiger charge is -2.40. The molecule has 0 bridgehead atoms. The van der Waals surface area contributed by atoms with Gasteiger partial charge in [-0.15, -0.1) is 6.58 Å². The van der Waals surface area contributed by atoms with Crippen LogP contribution in [0, 0.1) is 0 Å². The van der Waals surface area contributed by atoms with Gasteiger partial charge < -0.3 is 4.74 Å². The van der Waals surface area contributed by atoms with Gasteiger partial charge in [-0.05, 0) is 26.7 Å². The zero-order chi connectivity index (χ0) is 9.90. The maximum Gasteiger partial charge on any atom is 0.0675 e. The molecule has 0 aromatic carbocycles. The zero-order valence-corrected chi connectivity index (χ0v) is 9.05. The molecule has 1 rings (SSSR count). The van der Waals surface area contributed by atoms with Crippen LogP contribution in [0.15, 0.2) is 12.7 Å². The zero-order valence-electron chi connectivity index (χ0n) is 9.05. The summed E-state index contributed by atoms with van der Waals surface area (Å²) in [6.07, 6.45) is 4.26. The highest BCUT2D eigenvalue weighted by Crippen LogP contribution is 2.25. The predicted molar refractivity (Wildman–Crippen MR) is 55.9 cm³/mol. The van der Waals surface area contributed by atoms with Gasteiger partial charge in [0.25, 0.3) is 0 Å². The molecule has 1 heterocycles. The Hall–Kier alpha value is -0.340. The third-order valence-corrected chi connectivity index (χ3v) is 3.27. The molecule has 1 unspecified atom stereocenters. The molecule has 2 nitrogen and oxygen atoms in total. The van der Waals surface area contributed by atoms with Crippen molar-refractivity contribution in [3.8, 4) is 0 Å². The van der Waals surface area contributed by atoms with Crippen LogP contribution in [0.4, 0.5) is 0 Å². The minimum atomic E-state index is 0.109. The Morgan fingerprint density at radius 1 is 1.46 bits per heavy atom. The van der Waals surface area contributed by atoms with Crippen LogP contribution in [-0.2, 0) is 4.74 Å². The summed E-state index contributed by atoms with van der Waals surface area (Å²) in [5.74, 6) is 0. The summed E-state index contributed by atoms with van der Waals surface area (Å²) in [5, 5.41) is 0. The highest BCUT2D eigenvalue weighted by atomic mass is 16.5. The summed E-state index contributed by atoms with van der Waals surface area (Å²) in [7, 11) is 1.81. The van der Waals surface area contributed by atoms with E-state index in [9.17, 15) is 0 Å². The monoisotopic (exact) mass is 183 g/mol. The van der Waals surface area contributed by atoms with Gasteiger partial charge in [0.1, 0.15) is 0 Å². The first-order valence-electron chi connectivity index (χ1n) is 5.03. The summed E-state index contributed by atoms with van der Waals surface area (Å²) in [5.41, 5.74) is 0.109. The summed E-state index contributed by atoms with van der Waals surface area (Å²) in [4.78, 5) is 2.45. The molecule has 1 aliphatic rings. The Kier molecular flexibility index (Phi) is 3.51. The molecule has 2 heteroatoms. The first-order chi connectivity index (χ1) is 6.11. The van der Waals surface area contributed by atoms with Gasteiger partial charge >= 0.3 is 0 Å². The van der Waals surface area contributed by atoms with Crippen molar-refractivity contribution in [2.75, 3.05) is 20.2 Å². The van der Waals surface area contributed by atoms with Crippen LogP contribution in [0.3, 0.4) is 0 Å². The van der Waals surface area contributed by atoms with E-state index in [-0.39, 0.29) is 5.60 Å². The van der Waals surface area contributed by atoms with E-state index in [0.29, 0.717) is 6.04 Å². The van der Waals surface area contributed by atoms with E-state index in [1.807, 2.05) is 13.2 Å². The van der Waals surface area contributed by atoms with Gasteiger partial charge in [0.2, 0.25) is 0 Å². The van der Waals surface area contributed by atoms with Crippen molar-refractivity contribution in [3.63, 3.8) is 0 Å². The predicted octanol–water partition coefficient (Wildman–Crippen LogP) is 2.06. The molecule has 13 heavy (non-hydrogen) atoms. The first-order valence-corrected chi connectivity index (χ1v) is 5.03. The van der Waals surface area contributed by atoms with Crippen molar-refractivity contribution in [1.82, 2.24) is 4.90 Å². The van der Waals surface area contributed by atoms with Crippen LogP contribution in [0.5, 0.6) is 0 Å². The molecule has 1 fully saturated rings. The quantitative estimate of drug-likeness (QED) is 0.621. The molecule has 0 aliphatic carbocycles. The molecule has 0 spiro atoms. The number of likely N-dealkylation sites (tertiary alicyclic amines) is 1. The molecular weight excluding hydrogens is 162 g/mol. The SMILES string of the molecule is C=CC(C)N1CCC(C)(OC)CC1. The van der Waals surface area contributed by atoms with Gasteiger partial charge in [0, 0.05) is 26.2 Å². The van der Waals surface area contributed by atoms with Gasteiger partial charge in [-0.3, -0.25) is 4.90 Å². The molecule has 0 N–H and O–H groups in total. The molecule has 1 aliphatic heterocycles. The van der Waals surface area contributed by atoms with Crippen LogP contribution in [0.1, 0.15) is 26.7 Å². The fourth-order valence-corrected chi connectivity index (χ4v) is 1.76. The van der Waals surface area contributed by atoms with Crippen molar-refractivity contribution in [3.05, 3.63) is 12.7 Å². The van der Waals surface area contributed by atoms with Gasteiger partial charge in [0.15, 0.2) is 0 Å². The Balaban J connectivity index is 2.42. The van der Waals surface area contributed by atoms with E-state index < -0.39 is 0 Å². The summed E-state index contributed by atoms with van der Waals surface area (Å²) in [6.45, 7) is 10.5. The molecule has 0 aromatic heterocycles. The molecule has 0 radical (unpaired) electrons. The molecule has 76 valence electrons. The Bertz CT molecular complexity index is 171. The number of piperidine rings is 1. The maximum atomic E-state index is 5.49. The number of nitrogens with zero attached hydrogens (tertiary/aromatic N) is 1. The van der Waals surface area contributed by atoms with E-state index in [2.05, 4.69) is 25.3 Å². The second-order valence-electron chi connectivity index (χ2n) is 4.17. The van der Waals surface area contributed by atoms with Crippen molar-refractivity contribution in [1.29, 1.82) is 0 Å². The highest BCUT2D eigenvalue weighted by molar-refractivity contribution is 4.90. The van der Waals surface area contributed by atoms with Crippen molar-refractivity contribution in [2.45, 2.75) is 38.3 Å². The molecule has 1 saturated heterocycles. The van der Waals surface area contributed by atoms with Crippen molar-refractivity contribution in [2.24, 2.45) is 0 Å². The highest BCUT2D eigenvalue weighted by Gasteiger charge is 2.30. The van der Waals surface area contributed by atoms with Crippen molar-refractivity contribution < 1.29 is 4.74 Å². The number of methoxy groups -OCH3 is 1. The smallest absolute Gasteiger partial charge is 0.0675 e. The minimum absolute atomic E-state index is 0.109. The molecule has 1 atom stereocenters. The first kappa shape index (κ1) is 10.7. The van der Waals surface area contributed by atoms with Gasteiger partial charge in [-0.2, -0.15) is 0 Å². The van der Waals surface area contributed by atoms with E-state index >= 15 is 0 Å². The summed E-state index contributed by atoms with van der Waals surface area (Å²) < 4.78 is 5.49. The lowest BCUT2D eigenvalue weighted by atomic mass is 9.92. The third kappa shape index (κ3) is 2.55. The number of hydrogen-bond acceptors (Lipinski definition) is 2.